The molecule has 1 unspecified atom stereocenters. The summed E-state index contributed by atoms with van der Waals surface area (Å²) in [6, 6.07) is 4.67. The molecule has 0 fully saturated rings. The highest BCUT2D eigenvalue weighted by Gasteiger charge is 2.21. The van der Waals surface area contributed by atoms with E-state index in [0.717, 1.165) is 22.0 Å². The van der Waals surface area contributed by atoms with Gasteiger partial charge in [-0.1, -0.05) is 6.07 Å². The lowest BCUT2D eigenvalue weighted by molar-refractivity contribution is -0.139. The molecule has 0 saturated heterocycles. The number of rotatable bonds is 6. The fourth-order valence-corrected chi connectivity index (χ4v) is 2.31. The lowest BCUT2D eigenvalue weighted by Gasteiger charge is -2.13. The number of carboxylic acid groups (broad SMARTS) is 1. The SMILES string of the molecule is COCCC(NC(=O)c1cc2c(C)c(C)ccc2[nH]1)C(=O)O. The largest absolute Gasteiger partial charge is 0.480 e. The van der Waals surface area contributed by atoms with Crippen molar-refractivity contribution in [2.24, 2.45) is 0 Å². The minimum Gasteiger partial charge on any atom is -0.480 e. The number of amides is 1. The van der Waals surface area contributed by atoms with Crippen molar-refractivity contribution < 1.29 is 19.4 Å². The zero-order chi connectivity index (χ0) is 16.3. The first kappa shape index (κ1) is 16.0. The smallest absolute Gasteiger partial charge is 0.326 e. The summed E-state index contributed by atoms with van der Waals surface area (Å²) >= 11 is 0. The van der Waals surface area contributed by atoms with Gasteiger partial charge in [0.25, 0.3) is 5.91 Å². The van der Waals surface area contributed by atoms with E-state index in [1.807, 2.05) is 26.0 Å². The van der Waals surface area contributed by atoms with Gasteiger partial charge in [0.2, 0.25) is 0 Å². The average molecular weight is 304 g/mol. The topological polar surface area (TPSA) is 91.4 Å². The van der Waals surface area contributed by atoms with Gasteiger partial charge >= 0.3 is 5.97 Å². The Hall–Kier alpha value is -2.34. The molecule has 0 bridgehead atoms. The Labute approximate surface area is 128 Å². The maximum Gasteiger partial charge on any atom is 0.326 e. The van der Waals surface area contributed by atoms with E-state index in [-0.39, 0.29) is 13.0 Å². The van der Waals surface area contributed by atoms with Crippen LogP contribution in [0, 0.1) is 13.8 Å². The van der Waals surface area contributed by atoms with Crippen molar-refractivity contribution in [2.75, 3.05) is 13.7 Å². The van der Waals surface area contributed by atoms with Gasteiger partial charge in [0.1, 0.15) is 11.7 Å². The Bertz CT molecular complexity index is 705. The number of hydrogen-bond acceptors (Lipinski definition) is 3. The Kier molecular flexibility index (Phi) is 4.82. The number of carbonyl (C=O) groups is 2. The highest BCUT2D eigenvalue weighted by molar-refractivity contribution is 6.00. The number of aromatic amines is 1. The standard InChI is InChI=1S/C16H20N2O4/c1-9-4-5-12-11(10(9)2)8-14(17-12)15(19)18-13(16(20)21)6-7-22-3/h4-5,8,13,17H,6-7H2,1-3H3,(H,18,19)(H,20,21). The van der Waals surface area contributed by atoms with E-state index in [0.29, 0.717) is 5.69 Å². The van der Waals surface area contributed by atoms with E-state index < -0.39 is 17.9 Å². The molecule has 0 aliphatic heterocycles. The molecule has 22 heavy (non-hydrogen) atoms. The number of H-pyrrole nitrogens is 1. The summed E-state index contributed by atoms with van der Waals surface area (Å²) in [5.74, 6) is -1.51. The molecule has 0 saturated carbocycles. The molecule has 0 aliphatic rings. The third-order valence-corrected chi connectivity index (χ3v) is 3.80. The van der Waals surface area contributed by atoms with Crippen LogP contribution >= 0.6 is 0 Å². The molecular weight excluding hydrogens is 284 g/mol. The number of aryl methyl sites for hydroxylation is 2. The van der Waals surface area contributed by atoms with E-state index in [9.17, 15) is 9.59 Å². The minimum atomic E-state index is -1.08. The number of carbonyl (C=O) groups excluding carboxylic acids is 1. The summed E-state index contributed by atoms with van der Waals surface area (Å²) in [7, 11) is 1.49. The fourth-order valence-electron chi connectivity index (χ4n) is 2.31. The number of methoxy groups -OCH3 is 1. The summed E-state index contributed by atoms with van der Waals surface area (Å²) in [6.07, 6.45) is 0.218. The van der Waals surface area contributed by atoms with Crippen molar-refractivity contribution in [2.45, 2.75) is 26.3 Å². The van der Waals surface area contributed by atoms with Crippen LogP contribution in [0.2, 0.25) is 0 Å². The molecule has 0 spiro atoms. The van der Waals surface area contributed by atoms with Crippen molar-refractivity contribution in [1.29, 1.82) is 0 Å². The van der Waals surface area contributed by atoms with Crippen LogP contribution in [0.1, 0.15) is 28.0 Å². The minimum absolute atomic E-state index is 0.218. The molecular formula is C16H20N2O4. The van der Waals surface area contributed by atoms with E-state index >= 15 is 0 Å². The van der Waals surface area contributed by atoms with Gasteiger partial charge in [-0.05, 0) is 37.1 Å². The quantitative estimate of drug-likeness (QED) is 0.761. The van der Waals surface area contributed by atoms with Crippen LogP contribution in [0.15, 0.2) is 18.2 Å². The molecule has 1 atom stereocenters. The Balaban J connectivity index is 2.22. The average Bonchev–Trinajstić information content (AvgIpc) is 2.92. The summed E-state index contributed by atoms with van der Waals surface area (Å²) in [5.41, 5.74) is 3.45. The fraction of sp³-hybridized carbons (Fsp3) is 0.375. The number of hydrogen-bond donors (Lipinski definition) is 3. The molecule has 0 radical (unpaired) electrons. The highest BCUT2D eigenvalue weighted by atomic mass is 16.5. The zero-order valence-electron chi connectivity index (χ0n) is 12.9. The normalized spacial score (nSPS) is 12.3. The lowest BCUT2D eigenvalue weighted by Crippen LogP contribution is -2.41. The van der Waals surface area contributed by atoms with Crippen LogP contribution in [0.25, 0.3) is 10.9 Å². The van der Waals surface area contributed by atoms with Crippen LogP contribution in [-0.4, -0.2) is 41.7 Å². The van der Waals surface area contributed by atoms with Crippen molar-refractivity contribution in [3.63, 3.8) is 0 Å². The van der Waals surface area contributed by atoms with Gasteiger partial charge in [0, 0.05) is 31.0 Å². The van der Waals surface area contributed by atoms with Crippen molar-refractivity contribution >= 4 is 22.8 Å². The van der Waals surface area contributed by atoms with E-state index in [1.54, 1.807) is 6.07 Å². The van der Waals surface area contributed by atoms with Gasteiger partial charge in [-0.15, -0.1) is 0 Å². The third kappa shape index (κ3) is 3.28. The summed E-state index contributed by atoms with van der Waals surface area (Å²) in [6.45, 7) is 4.26. The van der Waals surface area contributed by atoms with Crippen molar-refractivity contribution in [3.05, 3.63) is 35.0 Å². The number of ether oxygens (including phenoxy) is 1. The first-order chi connectivity index (χ1) is 10.4. The molecule has 1 aromatic carbocycles. The lowest BCUT2D eigenvalue weighted by atomic mass is 10.1. The van der Waals surface area contributed by atoms with Crippen LogP contribution in [-0.2, 0) is 9.53 Å². The molecule has 3 N–H and O–H groups in total. The molecule has 1 amide bonds. The van der Waals surface area contributed by atoms with Crippen molar-refractivity contribution in [1.82, 2.24) is 10.3 Å². The molecule has 6 heteroatoms. The van der Waals surface area contributed by atoms with E-state index in [2.05, 4.69) is 10.3 Å². The number of benzene rings is 1. The number of carboxylic acids is 1. The number of aliphatic carboxylic acids is 1. The molecule has 6 nitrogen and oxygen atoms in total. The highest BCUT2D eigenvalue weighted by Crippen LogP contribution is 2.22. The molecule has 2 aromatic rings. The molecule has 0 aliphatic carbocycles. The van der Waals surface area contributed by atoms with Gasteiger partial charge in [-0.3, -0.25) is 4.79 Å². The molecule has 1 aromatic heterocycles. The molecule has 1 heterocycles. The second-order valence-electron chi connectivity index (χ2n) is 5.30. The number of fused-ring (bicyclic) bond motifs is 1. The van der Waals surface area contributed by atoms with Crippen molar-refractivity contribution in [3.8, 4) is 0 Å². The first-order valence-electron chi connectivity index (χ1n) is 7.05. The first-order valence-corrected chi connectivity index (χ1v) is 7.05. The summed E-state index contributed by atoms with van der Waals surface area (Å²) in [4.78, 5) is 26.4. The van der Waals surface area contributed by atoms with Gasteiger partial charge in [-0.2, -0.15) is 0 Å². The third-order valence-electron chi connectivity index (χ3n) is 3.80. The second-order valence-corrected chi connectivity index (χ2v) is 5.30. The van der Waals surface area contributed by atoms with Gasteiger partial charge in [-0.25, -0.2) is 4.79 Å². The molecule has 2 rings (SSSR count). The van der Waals surface area contributed by atoms with Crippen LogP contribution < -0.4 is 5.32 Å². The summed E-state index contributed by atoms with van der Waals surface area (Å²) in [5, 5.41) is 12.6. The second kappa shape index (κ2) is 6.62. The zero-order valence-corrected chi connectivity index (χ0v) is 12.9. The van der Waals surface area contributed by atoms with Crippen LogP contribution in [0.4, 0.5) is 0 Å². The summed E-state index contributed by atoms with van der Waals surface area (Å²) < 4.78 is 4.86. The number of nitrogens with one attached hydrogen (secondary N) is 2. The van der Waals surface area contributed by atoms with E-state index in [1.165, 1.54) is 7.11 Å². The van der Waals surface area contributed by atoms with Crippen LogP contribution in [0.3, 0.4) is 0 Å². The monoisotopic (exact) mass is 304 g/mol. The predicted octanol–water partition coefficient (Wildman–Crippen LogP) is 2.00. The number of aromatic nitrogens is 1. The molecule has 118 valence electrons. The van der Waals surface area contributed by atoms with Crippen LogP contribution in [0.5, 0.6) is 0 Å². The van der Waals surface area contributed by atoms with Gasteiger partial charge < -0.3 is 20.1 Å². The Morgan fingerprint density at radius 2 is 2.09 bits per heavy atom. The van der Waals surface area contributed by atoms with Gasteiger partial charge in [0.05, 0.1) is 0 Å². The predicted molar refractivity (Wildman–Crippen MR) is 83.2 cm³/mol. The Morgan fingerprint density at radius 3 is 2.73 bits per heavy atom. The maximum atomic E-state index is 12.2. The van der Waals surface area contributed by atoms with E-state index in [4.69, 9.17) is 9.84 Å². The Morgan fingerprint density at radius 1 is 1.36 bits per heavy atom. The maximum absolute atomic E-state index is 12.2. The van der Waals surface area contributed by atoms with Gasteiger partial charge in [0.15, 0.2) is 0 Å².